The lowest BCUT2D eigenvalue weighted by Gasteiger charge is -2.31. The van der Waals surface area contributed by atoms with E-state index in [2.05, 4.69) is 46.4 Å². The first-order valence-electron chi connectivity index (χ1n) is 9.52. The number of carbonyl (C=O) groups is 1. The predicted molar refractivity (Wildman–Crippen MR) is 119 cm³/mol. The van der Waals surface area contributed by atoms with Crippen molar-refractivity contribution in [2.45, 2.75) is 13.3 Å². The van der Waals surface area contributed by atoms with E-state index in [4.69, 9.17) is 16.3 Å². The number of ether oxygens (including phenoxy) is 1. The van der Waals surface area contributed by atoms with Crippen LogP contribution < -0.4 is 10.2 Å². The number of hydrogen-bond acceptors (Lipinski definition) is 5. The monoisotopic (exact) mass is 427 g/mol. The van der Waals surface area contributed by atoms with Crippen LogP contribution in [0.25, 0.3) is 10.6 Å². The average molecular weight is 428 g/mol. The number of hydrogen-bond donors (Lipinski definition) is 1. The Kier molecular flexibility index (Phi) is 6.13. The molecule has 2 heterocycles. The smallest absolute Gasteiger partial charge is 0.230 e. The number of benzene rings is 2. The second-order valence-electron chi connectivity index (χ2n) is 6.97. The second kappa shape index (κ2) is 8.95. The van der Waals surface area contributed by atoms with E-state index in [-0.39, 0.29) is 12.3 Å². The highest BCUT2D eigenvalue weighted by atomic mass is 35.5. The lowest BCUT2D eigenvalue weighted by molar-refractivity contribution is -0.115. The first kappa shape index (κ1) is 19.9. The van der Waals surface area contributed by atoms with Crippen molar-refractivity contribution < 1.29 is 9.53 Å². The number of para-hydroxylation sites is 1. The maximum absolute atomic E-state index is 12.7. The molecular formula is C22H22ClN3O2S. The van der Waals surface area contributed by atoms with Crippen LogP contribution in [0, 0.1) is 6.92 Å². The standard InChI is InChI=1S/C22H22ClN3O2S/c1-15-5-7-16(8-6-15)22-24-17(14-29-22)13-20(27)25-19-4-2-3-18(23)21(19)26-9-11-28-12-10-26/h2-8,14H,9-13H2,1H3,(H,25,27). The third kappa shape index (κ3) is 4.78. The van der Waals surface area contributed by atoms with Gasteiger partial charge in [-0.15, -0.1) is 11.3 Å². The summed E-state index contributed by atoms with van der Waals surface area (Å²) >= 11 is 7.99. The topological polar surface area (TPSA) is 54.5 Å². The summed E-state index contributed by atoms with van der Waals surface area (Å²) in [4.78, 5) is 19.5. The van der Waals surface area contributed by atoms with Gasteiger partial charge in [0.1, 0.15) is 5.01 Å². The molecule has 0 bridgehead atoms. The number of aromatic nitrogens is 1. The first-order valence-corrected chi connectivity index (χ1v) is 10.8. The molecule has 29 heavy (non-hydrogen) atoms. The van der Waals surface area contributed by atoms with Crippen LogP contribution in [0.2, 0.25) is 5.02 Å². The van der Waals surface area contributed by atoms with Crippen molar-refractivity contribution in [2.24, 2.45) is 0 Å². The Morgan fingerprint density at radius 1 is 1.21 bits per heavy atom. The summed E-state index contributed by atoms with van der Waals surface area (Å²) < 4.78 is 5.43. The highest BCUT2D eigenvalue weighted by molar-refractivity contribution is 7.13. The van der Waals surface area contributed by atoms with Crippen molar-refractivity contribution in [3.63, 3.8) is 0 Å². The molecule has 1 aromatic heterocycles. The summed E-state index contributed by atoms with van der Waals surface area (Å²) in [5, 5.41) is 6.50. The molecule has 1 saturated heterocycles. The van der Waals surface area contributed by atoms with Crippen LogP contribution in [0.1, 0.15) is 11.3 Å². The molecule has 0 aliphatic carbocycles. The van der Waals surface area contributed by atoms with Gasteiger partial charge in [-0.1, -0.05) is 47.5 Å². The van der Waals surface area contributed by atoms with E-state index >= 15 is 0 Å². The van der Waals surface area contributed by atoms with E-state index in [0.717, 1.165) is 40.7 Å². The van der Waals surface area contributed by atoms with Gasteiger partial charge in [0.05, 0.1) is 41.7 Å². The molecule has 2 aromatic carbocycles. The molecule has 0 spiro atoms. The number of halogens is 1. The molecule has 150 valence electrons. The number of nitrogens with zero attached hydrogens (tertiary/aromatic N) is 2. The Morgan fingerprint density at radius 3 is 2.72 bits per heavy atom. The molecule has 1 N–H and O–H groups in total. The lowest BCUT2D eigenvalue weighted by Crippen LogP contribution is -2.37. The molecule has 7 heteroatoms. The number of anilines is 2. The fourth-order valence-corrected chi connectivity index (χ4v) is 4.42. The number of thiazole rings is 1. The van der Waals surface area contributed by atoms with Crippen LogP contribution >= 0.6 is 22.9 Å². The zero-order chi connectivity index (χ0) is 20.2. The van der Waals surface area contributed by atoms with E-state index in [1.165, 1.54) is 5.56 Å². The van der Waals surface area contributed by atoms with Gasteiger partial charge in [0.2, 0.25) is 5.91 Å². The SMILES string of the molecule is Cc1ccc(-c2nc(CC(=O)Nc3cccc(Cl)c3N3CCOCC3)cs2)cc1. The summed E-state index contributed by atoms with van der Waals surface area (Å²) in [6, 6.07) is 13.8. The van der Waals surface area contributed by atoms with Gasteiger partial charge in [-0.25, -0.2) is 4.98 Å². The van der Waals surface area contributed by atoms with E-state index in [9.17, 15) is 4.79 Å². The zero-order valence-electron chi connectivity index (χ0n) is 16.2. The molecule has 1 fully saturated rings. The van der Waals surface area contributed by atoms with Crippen molar-refractivity contribution in [3.05, 3.63) is 64.1 Å². The summed E-state index contributed by atoms with van der Waals surface area (Å²) in [7, 11) is 0. The summed E-state index contributed by atoms with van der Waals surface area (Å²) in [5.41, 5.74) is 4.61. The number of nitrogens with one attached hydrogen (secondary N) is 1. The number of aryl methyl sites for hydroxylation is 1. The van der Waals surface area contributed by atoms with Crippen LogP contribution in [0.5, 0.6) is 0 Å². The molecule has 1 aliphatic heterocycles. The predicted octanol–water partition coefficient (Wildman–Crippen LogP) is 4.79. The highest BCUT2D eigenvalue weighted by Crippen LogP contribution is 2.34. The molecule has 0 saturated carbocycles. The molecule has 0 radical (unpaired) electrons. The molecule has 0 unspecified atom stereocenters. The summed E-state index contributed by atoms with van der Waals surface area (Å²) in [5.74, 6) is -0.109. The first-order chi connectivity index (χ1) is 14.1. The third-order valence-electron chi connectivity index (χ3n) is 4.78. The van der Waals surface area contributed by atoms with Crippen LogP contribution in [0.3, 0.4) is 0 Å². The number of carbonyl (C=O) groups excluding carboxylic acids is 1. The van der Waals surface area contributed by atoms with Crippen molar-refractivity contribution in [1.82, 2.24) is 4.98 Å². The highest BCUT2D eigenvalue weighted by Gasteiger charge is 2.19. The zero-order valence-corrected chi connectivity index (χ0v) is 17.7. The fraction of sp³-hybridized carbons (Fsp3) is 0.273. The Balaban J connectivity index is 1.47. The van der Waals surface area contributed by atoms with Crippen LogP contribution in [-0.4, -0.2) is 37.2 Å². The molecule has 5 nitrogen and oxygen atoms in total. The Hall–Kier alpha value is -2.41. The van der Waals surface area contributed by atoms with E-state index in [0.29, 0.717) is 18.2 Å². The molecule has 0 atom stereocenters. The van der Waals surface area contributed by atoms with Gasteiger partial charge in [0.25, 0.3) is 0 Å². The molecule has 1 aliphatic rings. The van der Waals surface area contributed by atoms with Gasteiger partial charge in [-0.05, 0) is 19.1 Å². The van der Waals surface area contributed by atoms with E-state index in [1.54, 1.807) is 11.3 Å². The quantitative estimate of drug-likeness (QED) is 0.636. The number of amides is 1. The van der Waals surface area contributed by atoms with Gasteiger partial charge in [0, 0.05) is 24.0 Å². The summed E-state index contributed by atoms with van der Waals surface area (Å²) in [6.07, 6.45) is 0.220. The Bertz CT molecular complexity index is 998. The van der Waals surface area contributed by atoms with Gasteiger partial charge in [0.15, 0.2) is 0 Å². The fourth-order valence-electron chi connectivity index (χ4n) is 3.30. The normalized spacial score (nSPS) is 14.1. The molecule has 1 amide bonds. The van der Waals surface area contributed by atoms with Crippen molar-refractivity contribution in [2.75, 3.05) is 36.5 Å². The Labute approximate surface area is 179 Å². The van der Waals surface area contributed by atoms with Crippen LogP contribution in [-0.2, 0) is 16.0 Å². The third-order valence-corrected chi connectivity index (χ3v) is 6.03. The van der Waals surface area contributed by atoms with E-state index < -0.39 is 0 Å². The molecule has 3 aromatic rings. The largest absolute Gasteiger partial charge is 0.378 e. The minimum atomic E-state index is -0.109. The lowest BCUT2D eigenvalue weighted by atomic mass is 10.2. The maximum atomic E-state index is 12.7. The van der Waals surface area contributed by atoms with Gasteiger partial charge < -0.3 is 15.0 Å². The van der Waals surface area contributed by atoms with Crippen LogP contribution in [0.15, 0.2) is 47.8 Å². The second-order valence-corrected chi connectivity index (χ2v) is 8.24. The minimum Gasteiger partial charge on any atom is -0.378 e. The molecule has 4 rings (SSSR count). The van der Waals surface area contributed by atoms with Crippen molar-refractivity contribution in [1.29, 1.82) is 0 Å². The maximum Gasteiger partial charge on any atom is 0.230 e. The summed E-state index contributed by atoms with van der Waals surface area (Å²) in [6.45, 7) is 4.86. The average Bonchev–Trinajstić information content (AvgIpc) is 3.17. The molecular weight excluding hydrogens is 406 g/mol. The van der Waals surface area contributed by atoms with Crippen molar-refractivity contribution in [3.8, 4) is 10.6 Å². The minimum absolute atomic E-state index is 0.109. The van der Waals surface area contributed by atoms with Crippen molar-refractivity contribution >= 4 is 40.2 Å². The Morgan fingerprint density at radius 2 is 1.97 bits per heavy atom. The van der Waals surface area contributed by atoms with Gasteiger partial charge in [-0.3, -0.25) is 4.79 Å². The van der Waals surface area contributed by atoms with Gasteiger partial charge >= 0.3 is 0 Å². The van der Waals surface area contributed by atoms with Gasteiger partial charge in [-0.2, -0.15) is 0 Å². The number of rotatable bonds is 5. The van der Waals surface area contributed by atoms with E-state index in [1.807, 2.05) is 23.6 Å². The van der Waals surface area contributed by atoms with Crippen LogP contribution in [0.4, 0.5) is 11.4 Å². The number of morpholine rings is 1.